The minimum atomic E-state index is -0.716. The van der Waals surface area contributed by atoms with E-state index in [1.165, 1.54) is 0 Å². The van der Waals surface area contributed by atoms with Crippen LogP contribution in [0, 0.1) is 0 Å². The number of hydrogen-bond donors (Lipinski definition) is 2. The highest BCUT2D eigenvalue weighted by molar-refractivity contribution is 5.85. The number of benzene rings is 2. The summed E-state index contributed by atoms with van der Waals surface area (Å²) in [6.07, 6.45) is -0.716. The second-order valence-corrected chi connectivity index (χ2v) is 5.87. The molecule has 5 nitrogen and oxygen atoms in total. The highest BCUT2D eigenvalue weighted by Crippen LogP contribution is 2.25. The van der Waals surface area contributed by atoms with E-state index in [0.717, 1.165) is 16.6 Å². The van der Waals surface area contributed by atoms with E-state index in [1.54, 1.807) is 16.2 Å². The van der Waals surface area contributed by atoms with E-state index in [9.17, 15) is 9.90 Å². The molecule has 0 spiro atoms. The Labute approximate surface area is 153 Å². The number of halogens is 1. The van der Waals surface area contributed by atoms with Crippen molar-refractivity contribution < 1.29 is 5.11 Å². The number of rotatable bonds is 6. The molecule has 2 unspecified atom stereocenters. The quantitative estimate of drug-likeness (QED) is 0.709. The van der Waals surface area contributed by atoms with Crippen LogP contribution in [0.3, 0.4) is 0 Å². The number of para-hydroxylation sites is 2. The van der Waals surface area contributed by atoms with E-state index in [0.29, 0.717) is 13.1 Å². The Morgan fingerprint density at radius 1 is 1.04 bits per heavy atom. The van der Waals surface area contributed by atoms with Gasteiger partial charge in [0.15, 0.2) is 0 Å². The zero-order chi connectivity index (χ0) is 17.1. The molecule has 1 heterocycles. The van der Waals surface area contributed by atoms with Gasteiger partial charge in [-0.25, -0.2) is 4.79 Å². The smallest absolute Gasteiger partial charge is 0.329 e. The molecule has 0 aliphatic carbocycles. The van der Waals surface area contributed by atoms with Crippen molar-refractivity contribution in [1.29, 1.82) is 0 Å². The van der Waals surface area contributed by atoms with Crippen molar-refractivity contribution in [3.8, 4) is 0 Å². The van der Waals surface area contributed by atoms with Gasteiger partial charge in [-0.1, -0.05) is 42.5 Å². The summed E-state index contributed by atoms with van der Waals surface area (Å²) < 4.78 is 3.47. The molecule has 0 bridgehead atoms. The summed E-state index contributed by atoms with van der Waals surface area (Å²) in [4.78, 5) is 13.0. The molecule has 2 N–H and O–H groups in total. The lowest BCUT2D eigenvalue weighted by atomic mass is 10.0. The molecule has 25 heavy (non-hydrogen) atoms. The molecule has 2 atom stereocenters. The van der Waals surface area contributed by atoms with Gasteiger partial charge in [-0.15, -0.1) is 12.4 Å². The molecular weight excluding hydrogens is 338 g/mol. The summed E-state index contributed by atoms with van der Waals surface area (Å²) in [6.45, 7) is 2.95. The Kier molecular flexibility index (Phi) is 6.42. The molecule has 0 saturated heterocycles. The molecule has 3 rings (SSSR count). The molecule has 0 radical (unpaired) electrons. The van der Waals surface area contributed by atoms with Crippen LogP contribution >= 0.6 is 12.4 Å². The van der Waals surface area contributed by atoms with E-state index in [-0.39, 0.29) is 18.1 Å². The van der Waals surface area contributed by atoms with Gasteiger partial charge in [-0.3, -0.25) is 9.13 Å². The monoisotopic (exact) mass is 361 g/mol. The Morgan fingerprint density at radius 3 is 2.24 bits per heavy atom. The van der Waals surface area contributed by atoms with E-state index >= 15 is 0 Å². The minimum Gasteiger partial charge on any atom is -0.389 e. The van der Waals surface area contributed by atoms with Gasteiger partial charge in [0.1, 0.15) is 0 Å². The maximum atomic E-state index is 13.0. The largest absolute Gasteiger partial charge is 0.389 e. The topological polar surface area (TPSA) is 59.2 Å². The minimum absolute atomic E-state index is 0. The van der Waals surface area contributed by atoms with Crippen molar-refractivity contribution in [1.82, 2.24) is 14.5 Å². The summed E-state index contributed by atoms with van der Waals surface area (Å²) in [5.74, 6) is 0. The lowest BCUT2D eigenvalue weighted by Gasteiger charge is -2.25. The first-order valence-corrected chi connectivity index (χ1v) is 8.26. The third-order valence-corrected chi connectivity index (χ3v) is 4.38. The van der Waals surface area contributed by atoms with Crippen LogP contribution in [0.25, 0.3) is 11.0 Å². The second kappa shape index (κ2) is 8.34. The van der Waals surface area contributed by atoms with Crippen LogP contribution in [-0.4, -0.2) is 33.9 Å². The fourth-order valence-corrected chi connectivity index (χ4v) is 3.32. The van der Waals surface area contributed by atoms with Gasteiger partial charge in [-0.05, 0) is 31.7 Å². The first kappa shape index (κ1) is 19.2. The van der Waals surface area contributed by atoms with Gasteiger partial charge in [-0.2, -0.15) is 0 Å². The standard InChI is InChI=1S/C19H23N3O2.ClH/c1-3-21-15-11-7-8-12-16(15)22(19(21)24)18(17(23)13-20-2)14-9-5-4-6-10-14;/h4-12,17-18,20,23H,3,13H2,1-2H3;1H. The summed E-state index contributed by atoms with van der Waals surface area (Å²) in [6, 6.07) is 17.0. The number of aliphatic hydroxyl groups is 1. The van der Waals surface area contributed by atoms with Crippen molar-refractivity contribution in [2.24, 2.45) is 0 Å². The fraction of sp³-hybridized carbons (Fsp3) is 0.316. The Hall–Kier alpha value is -2.08. The van der Waals surface area contributed by atoms with Crippen LogP contribution < -0.4 is 11.0 Å². The number of hydrogen-bond acceptors (Lipinski definition) is 3. The van der Waals surface area contributed by atoms with Crippen molar-refractivity contribution >= 4 is 23.4 Å². The van der Waals surface area contributed by atoms with Crippen molar-refractivity contribution in [2.75, 3.05) is 13.6 Å². The lowest BCUT2D eigenvalue weighted by Crippen LogP contribution is -2.38. The zero-order valence-electron chi connectivity index (χ0n) is 14.4. The Morgan fingerprint density at radius 2 is 1.64 bits per heavy atom. The van der Waals surface area contributed by atoms with E-state index in [4.69, 9.17) is 0 Å². The molecule has 0 fully saturated rings. The normalized spacial score (nSPS) is 13.4. The number of nitrogens with one attached hydrogen (secondary N) is 1. The third-order valence-electron chi connectivity index (χ3n) is 4.38. The van der Waals surface area contributed by atoms with Crippen LogP contribution in [0.1, 0.15) is 18.5 Å². The van der Waals surface area contributed by atoms with Gasteiger partial charge < -0.3 is 10.4 Å². The molecule has 1 aromatic heterocycles. The van der Waals surface area contributed by atoms with Crippen LogP contribution in [0.15, 0.2) is 59.4 Å². The van der Waals surface area contributed by atoms with E-state index in [1.807, 2.05) is 61.5 Å². The van der Waals surface area contributed by atoms with Gasteiger partial charge in [0.2, 0.25) is 0 Å². The zero-order valence-corrected chi connectivity index (χ0v) is 15.2. The average molecular weight is 362 g/mol. The number of likely N-dealkylation sites (N-methyl/N-ethyl adjacent to an activating group) is 1. The van der Waals surface area contributed by atoms with Crippen LogP contribution in [0.5, 0.6) is 0 Å². The third kappa shape index (κ3) is 3.49. The van der Waals surface area contributed by atoms with Crippen LogP contribution in [0.4, 0.5) is 0 Å². The van der Waals surface area contributed by atoms with Gasteiger partial charge >= 0.3 is 5.69 Å². The first-order chi connectivity index (χ1) is 11.7. The Balaban J connectivity index is 0.00000225. The van der Waals surface area contributed by atoms with E-state index < -0.39 is 12.1 Å². The molecular formula is C19H24ClN3O2. The van der Waals surface area contributed by atoms with E-state index in [2.05, 4.69) is 5.32 Å². The number of aromatic nitrogens is 2. The predicted molar refractivity (Wildman–Crippen MR) is 104 cm³/mol. The average Bonchev–Trinajstić information content (AvgIpc) is 2.88. The summed E-state index contributed by atoms with van der Waals surface area (Å²) >= 11 is 0. The summed E-state index contributed by atoms with van der Waals surface area (Å²) in [7, 11) is 1.80. The molecule has 2 aromatic carbocycles. The molecule has 0 amide bonds. The number of imidazole rings is 1. The fourth-order valence-electron chi connectivity index (χ4n) is 3.32. The van der Waals surface area contributed by atoms with Gasteiger partial charge in [0.05, 0.1) is 23.2 Å². The molecule has 6 heteroatoms. The van der Waals surface area contributed by atoms with Crippen molar-refractivity contribution in [3.05, 3.63) is 70.6 Å². The van der Waals surface area contributed by atoms with Crippen molar-refractivity contribution in [2.45, 2.75) is 25.6 Å². The van der Waals surface area contributed by atoms with Crippen LogP contribution in [0.2, 0.25) is 0 Å². The number of nitrogens with zero attached hydrogens (tertiary/aromatic N) is 2. The van der Waals surface area contributed by atoms with Crippen molar-refractivity contribution in [3.63, 3.8) is 0 Å². The molecule has 0 saturated carbocycles. The molecule has 0 aliphatic rings. The highest BCUT2D eigenvalue weighted by Gasteiger charge is 2.27. The van der Waals surface area contributed by atoms with Gasteiger partial charge in [0.25, 0.3) is 0 Å². The SMILES string of the molecule is CCn1c(=O)n(C(c2ccccc2)C(O)CNC)c2ccccc21.Cl. The molecule has 0 aliphatic heterocycles. The number of aliphatic hydroxyl groups excluding tert-OH is 1. The Bertz CT molecular complexity index is 873. The lowest BCUT2D eigenvalue weighted by molar-refractivity contribution is 0.130. The summed E-state index contributed by atoms with van der Waals surface area (Å²) in [5, 5.41) is 13.8. The van der Waals surface area contributed by atoms with Crippen LogP contribution in [-0.2, 0) is 6.54 Å². The number of fused-ring (bicyclic) bond motifs is 1. The number of aryl methyl sites for hydroxylation is 1. The highest BCUT2D eigenvalue weighted by atomic mass is 35.5. The predicted octanol–water partition coefficient (Wildman–Crippen LogP) is 2.41. The second-order valence-electron chi connectivity index (χ2n) is 5.87. The molecule has 3 aromatic rings. The summed E-state index contributed by atoms with van der Waals surface area (Å²) in [5.41, 5.74) is 2.56. The maximum Gasteiger partial charge on any atom is 0.329 e. The molecule has 134 valence electrons. The maximum absolute atomic E-state index is 13.0. The van der Waals surface area contributed by atoms with Gasteiger partial charge in [0, 0.05) is 13.1 Å². The first-order valence-electron chi connectivity index (χ1n) is 8.26.